The maximum Gasteiger partial charge on any atom is 0.257 e. The lowest BCUT2D eigenvalue weighted by Gasteiger charge is -2.25. The molecule has 1 atom stereocenters. The molecule has 2 aromatic carbocycles. The maximum absolute atomic E-state index is 13.7. The average molecular weight is 392 g/mol. The van der Waals surface area contributed by atoms with Gasteiger partial charge in [-0.25, -0.2) is 14.1 Å². The molecule has 0 bridgehead atoms. The molecule has 0 fully saturated rings. The van der Waals surface area contributed by atoms with Crippen LogP contribution in [0.3, 0.4) is 0 Å². The Bertz CT molecular complexity index is 1170. The van der Waals surface area contributed by atoms with Crippen molar-refractivity contribution >= 4 is 27.5 Å². The van der Waals surface area contributed by atoms with Crippen molar-refractivity contribution in [1.29, 1.82) is 0 Å². The van der Waals surface area contributed by atoms with Crippen molar-refractivity contribution in [2.24, 2.45) is 0 Å². The first-order valence-corrected chi connectivity index (χ1v) is 9.88. The summed E-state index contributed by atoms with van der Waals surface area (Å²) in [5.41, 5.74) is 3.41. The van der Waals surface area contributed by atoms with Crippen molar-refractivity contribution in [1.82, 2.24) is 19.7 Å². The number of para-hydroxylation sites is 1. The van der Waals surface area contributed by atoms with Crippen LogP contribution >= 0.6 is 11.3 Å². The summed E-state index contributed by atoms with van der Waals surface area (Å²) in [6, 6.07) is 12.6. The van der Waals surface area contributed by atoms with Crippen molar-refractivity contribution < 1.29 is 9.18 Å². The van der Waals surface area contributed by atoms with E-state index in [1.165, 1.54) is 17.4 Å². The predicted octanol–water partition coefficient (Wildman–Crippen LogP) is 4.38. The SMILES string of the molecule is CN(C(=O)c1cnn(-c2nc3ccccc3s2)c1)C1CCc2ccc(F)cc21. The number of hydrogen-bond acceptors (Lipinski definition) is 4. The minimum atomic E-state index is -0.268. The summed E-state index contributed by atoms with van der Waals surface area (Å²) < 4.78 is 16.4. The lowest BCUT2D eigenvalue weighted by Crippen LogP contribution is -2.29. The van der Waals surface area contributed by atoms with Gasteiger partial charge in [0, 0.05) is 13.2 Å². The van der Waals surface area contributed by atoms with Crippen LogP contribution in [0.5, 0.6) is 0 Å². The average Bonchev–Trinajstić information content (AvgIpc) is 3.43. The van der Waals surface area contributed by atoms with Crippen LogP contribution in [0.2, 0.25) is 0 Å². The molecule has 140 valence electrons. The molecule has 28 heavy (non-hydrogen) atoms. The van der Waals surface area contributed by atoms with Gasteiger partial charge in [-0.2, -0.15) is 5.10 Å². The van der Waals surface area contributed by atoms with Crippen LogP contribution in [0.4, 0.5) is 4.39 Å². The zero-order valence-electron chi connectivity index (χ0n) is 15.2. The van der Waals surface area contributed by atoms with Crippen LogP contribution in [-0.4, -0.2) is 32.6 Å². The Hall–Kier alpha value is -3.06. The highest BCUT2D eigenvalue weighted by molar-refractivity contribution is 7.20. The molecule has 1 aliphatic rings. The Labute approximate surface area is 165 Å². The second-order valence-corrected chi connectivity index (χ2v) is 7.96. The van der Waals surface area contributed by atoms with Gasteiger partial charge in [-0.3, -0.25) is 4.79 Å². The molecule has 2 heterocycles. The van der Waals surface area contributed by atoms with Crippen LogP contribution in [0, 0.1) is 5.82 Å². The third-order valence-corrected chi connectivity index (χ3v) is 6.28. The molecular formula is C21H17FN4OS. The highest BCUT2D eigenvalue weighted by atomic mass is 32.1. The Morgan fingerprint density at radius 3 is 3.00 bits per heavy atom. The molecule has 2 aromatic heterocycles. The summed E-state index contributed by atoms with van der Waals surface area (Å²) in [5.74, 6) is -0.398. The number of nitrogens with zero attached hydrogens (tertiary/aromatic N) is 4. The second kappa shape index (κ2) is 6.53. The number of fused-ring (bicyclic) bond motifs is 2. The van der Waals surface area contributed by atoms with Gasteiger partial charge in [0.15, 0.2) is 0 Å². The van der Waals surface area contributed by atoms with Gasteiger partial charge in [-0.05, 0) is 48.2 Å². The molecule has 1 aliphatic carbocycles. The lowest BCUT2D eigenvalue weighted by atomic mass is 10.1. The molecule has 0 aliphatic heterocycles. The van der Waals surface area contributed by atoms with E-state index >= 15 is 0 Å². The first kappa shape index (κ1) is 17.1. The van der Waals surface area contributed by atoms with E-state index in [4.69, 9.17) is 0 Å². The Balaban J connectivity index is 1.41. The monoisotopic (exact) mass is 392 g/mol. The predicted molar refractivity (Wildman–Crippen MR) is 106 cm³/mol. The summed E-state index contributed by atoms with van der Waals surface area (Å²) in [5, 5.41) is 5.05. The number of aryl methyl sites for hydroxylation is 1. The minimum absolute atomic E-state index is 0.121. The van der Waals surface area contributed by atoms with Crippen molar-refractivity contribution in [2.45, 2.75) is 18.9 Å². The molecule has 0 saturated heterocycles. The lowest BCUT2D eigenvalue weighted by molar-refractivity contribution is 0.0730. The quantitative estimate of drug-likeness (QED) is 0.520. The summed E-state index contributed by atoms with van der Waals surface area (Å²) in [4.78, 5) is 19.3. The van der Waals surface area contributed by atoms with Crippen LogP contribution in [0.25, 0.3) is 15.3 Å². The molecule has 0 N–H and O–H groups in total. The molecule has 0 saturated carbocycles. The molecule has 5 rings (SSSR count). The standard InChI is InChI=1S/C21H17FN4OS/c1-25(18-9-7-13-6-8-15(22)10-16(13)18)20(27)14-11-23-26(12-14)21-24-17-4-2-3-5-19(17)28-21/h2-6,8,10-12,18H,7,9H2,1H3. The highest BCUT2D eigenvalue weighted by Gasteiger charge is 2.30. The summed E-state index contributed by atoms with van der Waals surface area (Å²) in [6.45, 7) is 0. The Kier molecular flexibility index (Phi) is 3.98. The van der Waals surface area contributed by atoms with E-state index in [2.05, 4.69) is 10.1 Å². The molecule has 4 aromatic rings. The van der Waals surface area contributed by atoms with E-state index in [1.54, 1.807) is 35.1 Å². The second-order valence-electron chi connectivity index (χ2n) is 6.95. The first-order valence-electron chi connectivity index (χ1n) is 9.06. The number of halogens is 1. The van der Waals surface area contributed by atoms with Crippen LogP contribution < -0.4 is 0 Å². The molecule has 0 radical (unpaired) electrons. The van der Waals surface area contributed by atoms with E-state index in [1.807, 2.05) is 30.3 Å². The zero-order chi connectivity index (χ0) is 19.3. The number of thiazole rings is 1. The van der Waals surface area contributed by atoms with Crippen molar-refractivity contribution in [3.63, 3.8) is 0 Å². The van der Waals surface area contributed by atoms with Gasteiger partial charge >= 0.3 is 0 Å². The van der Waals surface area contributed by atoms with Gasteiger partial charge in [0.25, 0.3) is 5.91 Å². The highest BCUT2D eigenvalue weighted by Crippen LogP contribution is 2.36. The fraction of sp³-hybridized carbons (Fsp3) is 0.190. The third kappa shape index (κ3) is 2.79. The van der Waals surface area contributed by atoms with E-state index in [0.29, 0.717) is 5.56 Å². The van der Waals surface area contributed by atoms with Crippen LogP contribution in [0.1, 0.15) is 33.9 Å². The first-order chi connectivity index (χ1) is 13.6. The van der Waals surface area contributed by atoms with E-state index in [0.717, 1.165) is 39.3 Å². The number of aromatic nitrogens is 3. The van der Waals surface area contributed by atoms with E-state index in [-0.39, 0.29) is 17.8 Å². The molecular weight excluding hydrogens is 375 g/mol. The number of rotatable bonds is 3. The zero-order valence-corrected chi connectivity index (χ0v) is 16.0. The Morgan fingerprint density at radius 2 is 2.14 bits per heavy atom. The minimum Gasteiger partial charge on any atom is -0.335 e. The van der Waals surface area contributed by atoms with Gasteiger partial charge in [-0.15, -0.1) is 0 Å². The fourth-order valence-corrected chi connectivity index (χ4v) is 4.69. The number of benzene rings is 2. The molecule has 1 unspecified atom stereocenters. The summed E-state index contributed by atoms with van der Waals surface area (Å²) >= 11 is 1.52. The fourth-order valence-electron chi connectivity index (χ4n) is 3.79. The molecule has 7 heteroatoms. The van der Waals surface area contributed by atoms with Gasteiger partial charge < -0.3 is 4.90 Å². The topological polar surface area (TPSA) is 51.0 Å². The van der Waals surface area contributed by atoms with Crippen molar-refractivity contribution in [3.05, 3.63) is 77.4 Å². The number of carbonyl (C=O) groups excluding carboxylic acids is 1. The smallest absolute Gasteiger partial charge is 0.257 e. The van der Waals surface area contributed by atoms with Gasteiger partial charge in [0.2, 0.25) is 5.13 Å². The third-order valence-electron chi connectivity index (χ3n) is 5.25. The molecule has 1 amide bonds. The maximum atomic E-state index is 13.7. The number of carbonyl (C=O) groups is 1. The Morgan fingerprint density at radius 1 is 1.29 bits per heavy atom. The van der Waals surface area contributed by atoms with Crippen LogP contribution in [0.15, 0.2) is 54.9 Å². The number of amides is 1. The van der Waals surface area contributed by atoms with Gasteiger partial charge in [0.05, 0.1) is 28.0 Å². The normalized spacial score (nSPS) is 15.7. The molecule has 5 nitrogen and oxygen atoms in total. The largest absolute Gasteiger partial charge is 0.335 e. The summed E-state index contributed by atoms with van der Waals surface area (Å²) in [6.07, 6.45) is 4.92. The van der Waals surface area contributed by atoms with Gasteiger partial charge in [0.1, 0.15) is 5.82 Å². The van der Waals surface area contributed by atoms with Gasteiger partial charge in [-0.1, -0.05) is 29.5 Å². The molecule has 0 spiro atoms. The van der Waals surface area contributed by atoms with E-state index < -0.39 is 0 Å². The van der Waals surface area contributed by atoms with E-state index in [9.17, 15) is 9.18 Å². The number of hydrogen-bond donors (Lipinski definition) is 0. The van der Waals surface area contributed by atoms with Crippen molar-refractivity contribution in [3.8, 4) is 5.13 Å². The van der Waals surface area contributed by atoms with Crippen LogP contribution in [-0.2, 0) is 6.42 Å². The summed E-state index contributed by atoms with van der Waals surface area (Å²) in [7, 11) is 1.77. The van der Waals surface area contributed by atoms with Crippen molar-refractivity contribution in [2.75, 3.05) is 7.05 Å².